The summed E-state index contributed by atoms with van der Waals surface area (Å²) in [7, 11) is 0.444. The highest BCUT2D eigenvalue weighted by atomic mass is 19.4. The van der Waals surface area contributed by atoms with E-state index in [1.54, 1.807) is 20.8 Å². The maximum absolute atomic E-state index is 12.0. The van der Waals surface area contributed by atoms with Crippen LogP contribution in [0.25, 0.3) is 0 Å². The Morgan fingerprint density at radius 3 is 1.71 bits per heavy atom. The van der Waals surface area contributed by atoms with Crippen molar-refractivity contribution in [3.8, 4) is 0 Å². The number of ether oxygens (including phenoxy) is 1. The van der Waals surface area contributed by atoms with Crippen molar-refractivity contribution in [1.29, 1.82) is 0 Å². The van der Waals surface area contributed by atoms with Gasteiger partial charge in [0, 0.05) is 33.1 Å². The summed E-state index contributed by atoms with van der Waals surface area (Å²) in [5.41, 5.74) is -0.625. The van der Waals surface area contributed by atoms with Crippen molar-refractivity contribution in [1.82, 2.24) is 15.1 Å². The van der Waals surface area contributed by atoms with Crippen LogP contribution in [0.5, 0.6) is 0 Å². The fraction of sp³-hybridized carbons (Fsp3) is 0.826. The molecule has 0 radical (unpaired) electrons. The molecule has 1 aliphatic rings. The van der Waals surface area contributed by atoms with Gasteiger partial charge in [0.05, 0.1) is 12.7 Å². The van der Waals surface area contributed by atoms with Gasteiger partial charge in [0.1, 0.15) is 5.60 Å². The minimum Gasteiger partial charge on any atom is -1.00 e. The summed E-state index contributed by atoms with van der Waals surface area (Å²) < 4.78 is 34.1. The van der Waals surface area contributed by atoms with Gasteiger partial charge in [0.2, 0.25) is 0 Å². The zero-order valence-corrected chi connectivity index (χ0v) is 22.2. The molecule has 0 saturated heterocycles. The number of aliphatic hydroxyl groups excluding tert-OH is 1. The minimum absolute atomic E-state index is 0. The van der Waals surface area contributed by atoms with Crippen LogP contribution in [0.2, 0.25) is 0 Å². The van der Waals surface area contributed by atoms with E-state index in [9.17, 15) is 22.5 Å². The Hall–Kier alpha value is -1.82. The average molecular weight is 518 g/mol. The molecular formula is C23H49BF4N3O4-. The lowest BCUT2D eigenvalue weighted by Gasteiger charge is -2.22. The number of halogens is 4. The normalized spacial score (nSPS) is 12.4. The molecule has 0 aliphatic carbocycles. The zero-order chi connectivity index (χ0) is 26.6. The first kappa shape index (κ1) is 43.3. The summed E-state index contributed by atoms with van der Waals surface area (Å²) in [5.74, 6) is -0.852. The molecule has 0 unspecified atom stereocenters. The van der Waals surface area contributed by atoms with Gasteiger partial charge in [-0.25, -0.2) is 4.79 Å². The van der Waals surface area contributed by atoms with Crippen LogP contribution in [-0.4, -0.2) is 79.8 Å². The fourth-order valence-corrected chi connectivity index (χ4v) is 2.22. The molecule has 0 aromatic rings. The highest BCUT2D eigenvalue weighted by Crippen LogP contribution is 2.11. The molecule has 0 amide bonds. The average Bonchev–Trinajstić information content (AvgIpc) is 3.05. The van der Waals surface area contributed by atoms with Crippen molar-refractivity contribution >= 4 is 19.3 Å². The van der Waals surface area contributed by atoms with E-state index in [-0.39, 0.29) is 12.1 Å². The molecule has 1 heterocycles. The predicted molar refractivity (Wildman–Crippen MR) is 135 cm³/mol. The number of hydrogen-bond acceptors (Lipinski definition) is 7. The molecule has 35 heavy (non-hydrogen) atoms. The number of nitrogens with zero attached hydrogens (tertiary/aromatic N) is 2. The molecule has 0 aromatic heterocycles. The van der Waals surface area contributed by atoms with Gasteiger partial charge in [-0.1, -0.05) is 35.1 Å². The summed E-state index contributed by atoms with van der Waals surface area (Å²) >= 11 is 0. The Morgan fingerprint density at radius 1 is 1.09 bits per heavy atom. The summed E-state index contributed by atoms with van der Waals surface area (Å²) in [6.07, 6.45) is 6.56. The highest BCUT2D eigenvalue weighted by molar-refractivity contribution is 6.35. The number of Topliss-reactive ketones (excluding diaryl/α,β-unsaturated/α-hetero) is 1. The lowest BCUT2D eigenvalue weighted by Crippen LogP contribution is -3.00. The van der Waals surface area contributed by atoms with Gasteiger partial charge in [0.15, 0.2) is 0 Å². The first-order valence-electron chi connectivity index (χ1n) is 11.2. The Labute approximate surface area is 211 Å². The van der Waals surface area contributed by atoms with Gasteiger partial charge in [-0.2, -0.15) is 0 Å². The second-order valence-corrected chi connectivity index (χ2v) is 8.93. The van der Waals surface area contributed by atoms with Crippen LogP contribution in [0.15, 0.2) is 12.4 Å². The van der Waals surface area contributed by atoms with E-state index in [4.69, 9.17) is 9.84 Å². The van der Waals surface area contributed by atoms with Crippen LogP contribution in [-0.2, 0) is 14.3 Å². The van der Waals surface area contributed by atoms with E-state index in [0.29, 0.717) is 18.9 Å². The number of carbonyl (C=O) groups excluding carboxylic acids is 2. The number of aliphatic hydroxyl groups is 1. The topological polar surface area (TPSA) is 82.1 Å². The Balaban J connectivity index is -0.000000144. The molecule has 0 saturated carbocycles. The van der Waals surface area contributed by atoms with Crippen molar-refractivity contribution < 1.29 is 37.1 Å². The quantitative estimate of drug-likeness (QED) is 0.218. The number of nitrogens with one attached hydrogen (secondary N) is 1. The monoisotopic (exact) mass is 518 g/mol. The Bertz CT molecular complexity index is 523. The van der Waals surface area contributed by atoms with E-state index < -0.39 is 30.9 Å². The molecule has 7 nitrogen and oxygen atoms in total. The third kappa shape index (κ3) is 34.4. The molecule has 0 fully saturated rings. The third-order valence-electron chi connectivity index (χ3n) is 3.51. The smallest absolute Gasteiger partial charge is 0.762 e. The molecule has 0 bridgehead atoms. The number of ketones is 1. The van der Waals surface area contributed by atoms with Crippen molar-refractivity contribution in [3.63, 3.8) is 0 Å². The molecule has 12 heteroatoms. The number of rotatable bonds is 8. The maximum atomic E-state index is 12.0. The molecule has 1 atom stereocenters. The van der Waals surface area contributed by atoms with E-state index in [1.807, 2.05) is 27.7 Å². The molecule has 0 spiro atoms. The second-order valence-electron chi connectivity index (χ2n) is 8.93. The van der Waals surface area contributed by atoms with Crippen molar-refractivity contribution in [2.75, 3.05) is 33.9 Å². The van der Waals surface area contributed by atoms with E-state index in [1.165, 1.54) is 0 Å². The van der Waals surface area contributed by atoms with E-state index >= 15 is 0 Å². The zero-order valence-electron chi connectivity index (χ0n) is 22.2. The van der Waals surface area contributed by atoms with E-state index in [0.717, 1.165) is 26.1 Å². The maximum Gasteiger partial charge on any atom is 0.762 e. The van der Waals surface area contributed by atoms with Gasteiger partial charge in [0.25, 0.3) is 5.78 Å². The third-order valence-corrected chi connectivity index (χ3v) is 3.51. The lowest BCUT2D eigenvalue weighted by atomic mass is 10.00. The Kier molecular flexibility index (Phi) is 31.3. The summed E-state index contributed by atoms with van der Waals surface area (Å²) in [4.78, 5) is 28.0. The summed E-state index contributed by atoms with van der Waals surface area (Å²) in [5, 5.41) is 11.0. The highest BCUT2D eigenvalue weighted by Gasteiger charge is 2.29. The SMILES string of the molecule is C.CCCN[C@@H](CC(C)C)C(=O)C(=O)OC(C)(C)C.CCCO.CN1C=CN(C)C1.FB(F)F.[F-]. The predicted octanol–water partition coefficient (Wildman–Crippen LogP) is 1.51. The van der Waals surface area contributed by atoms with Crippen LogP contribution in [0.3, 0.4) is 0 Å². The molecule has 212 valence electrons. The number of esters is 1. The van der Waals surface area contributed by atoms with Crippen molar-refractivity contribution in [2.45, 2.75) is 86.8 Å². The Morgan fingerprint density at radius 2 is 1.49 bits per heavy atom. The second kappa shape index (κ2) is 25.3. The molecule has 0 aromatic carbocycles. The van der Waals surface area contributed by atoms with Crippen LogP contribution >= 0.6 is 0 Å². The molecular weight excluding hydrogens is 469 g/mol. The van der Waals surface area contributed by atoms with Crippen LogP contribution in [0.4, 0.5) is 12.9 Å². The largest absolute Gasteiger partial charge is 1.00 e. The van der Waals surface area contributed by atoms with Crippen LogP contribution in [0, 0.1) is 5.92 Å². The summed E-state index contributed by atoms with van der Waals surface area (Å²) in [6, 6.07) is -0.431. The minimum atomic E-state index is -3.67. The molecule has 2 N–H and O–H groups in total. The first-order chi connectivity index (χ1) is 15.1. The molecule has 1 aliphatic heterocycles. The van der Waals surface area contributed by atoms with Crippen LogP contribution in [0.1, 0.15) is 75.2 Å². The van der Waals surface area contributed by atoms with Crippen molar-refractivity contribution in [2.24, 2.45) is 5.92 Å². The van der Waals surface area contributed by atoms with Gasteiger partial charge >= 0.3 is 13.5 Å². The van der Waals surface area contributed by atoms with Gasteiger partial charge in [-0.3, -0.25) is 17.7 Å². The van der Waals surface area contributed by atoms with Gasteiger partial charge in [-0.15, -0.1) is 0 Å². The number of carbonyl (C=O) groups is 2. The summed E-state index contributed by atoms with van der Waals surface area (Å²) in [6.45, 7) is 15.4. The van der Waals surface area contributed by atoms with E-state index in [2.05, 4.69) is 41.6 Å². The standard InChI is InChI=1S/C14H27NO3.C5H10N2.C3H8O.CH4.BF3.FH/c1-7-8-15-11(9-10(2)3)12(16)13(17)18-14(4,5)6;1-6-3-4-7(2)5-6;1-2-3-4;;2-1(3)4;/h10-11,15H,7-9H2,1-6H3;3-4H,5H2,1-2H3;4H,2-3H2,1H3;1H4;;1H/p-1/t11-;;;;;/m0...../s1. The van der Waals surface area contributed by atoms with Crippen molar-refractivity contribution in [3.05, 3.63) is 12.4 Å². The van der Waals surface area contributed by atoms with Gasteiger partial charge < -0.3 is 29.7 Å². The molecule has 1 rings (SSSR count). The van der Waals surface area contributed by atoms with Crippen LogP contribution < -0.4 is 10.0 Å². The van der Waals surface area contributed by atoms with Gasteiger partial charge in [-0.05, 0) is 52.5 Å². The first-order valence-corrected chi connectivity index (χ1v) is 11.2. The number of hydrogen-bond donors (Lipinski definition) is 2. The fourth-order valence-electron chi connectivity index (χ4n) is 2.22. The lowest BCUT2D eigenvalue weighted by molar-refractivity contribution is -0.163.